The van der Waals surface area contributed by atoms with Crippen molar-refractivity contribution in [3.8, 4) is 5.75 Å². The van der Waals surface area contributed by atoms with E-state index in [-0.39, 0.29) is 12.2 Å². The van der Waals surface area contributed by atoms with Crippen LogP contribution in [0.2, 0.25) is 0 Å². The van der Waals surface area contributed by atoms with Crippen LogP contribution in [0.25, 0.3) is 0 Å². The van der Waals surface area contributed by atoms with Crippen LogP contribution in [0.3, 0.4) is 0 Å². The van der Waals surface area contributed by atoms with Gasteiger partial charge in [0.15, 0.2) is 6.10 Å². The number of rotatable bonds is 8. The maximum absolute atomic E-state index is 12.7. The summed E-state index contributed by atoms with van der Waals surface area (Å²) in [4.78, 5) is 25.1. The fraction of sp³-hybridized carbons (Fsp3) is 0.292. The number of para-hydroxylation sites is 1. The van der Waals surface area contributed by atoms with Gasteiger partial charge in [-0.3, -0.25) is 4.79 Å². The Morgan fingerprint density at radius 1 is 1.10 bits per heavy atom. The number of esters is 1. The fourth-order valence-electron chi connectivity index (χ4n) is 2.96. The number of benzene rings is 2. The first kappa shape index (κ1) is 22.1. The highest BCUT2D eigenvalue weighted by Crippen LogP contribution is 2.23. The molecule has 2 aromatic carbocycles. The lowest BCUT2D eigenvalue weighted by Gasteiger charge is -2.15. The molecule has 3 rings (SSSR count). The largest absolute Gasteiger partial charge is 0.488 e. The number of nitrogens with one attached hydrogen (secondary N) is 1. The molecule has 0 aliphatic heterocycles. The quantitative estimate of drug-likeness (QED) is 0.533. The van der Waals surface area contributed by atoms with Crippen LogP contribution < -0.4 is 10.1 Å². The summed E-state index contributed by atoms with van der Waals surface area (Å²) in [6, 6.07) is 14.3. The molecule has 162 valence electrons. The number of anilines is 1. The SMILES string of the molecule is CCc1ccc(NC(=O)[C@@H](C)OC(=O)c2ccccc2OCc2c(C)noc2C)cc1. The van der Waals surface area contributed by atoms with Crippen LogP contribution in [0, 0.1) is 13.8 Å². The van der Waals surface area contributed by atoms with Crippen LogP contribution >= 0.6 is 0 Å². The molecule has 1 heterocycles. The number of carbonyl (C=O) groups is 2. The minimum Gasteiger partial charge on any atom is -0.488 e. The van der Waals surface area contributed by atoms with Gasteiger partial charge in [-0.2, -0.15) is 0 Å². The predicted molar refractivity (Wildman–Crippen MR) is 116 cm³/mol. The molecule has 0 saturated carbocycles. The van der Waals surface area contributed by atoms with Gasteiger partial charge in [0.25, 0.3) is 5.91 Å². The molecule has 0 fully saturated rings. The van der Waals surface area contributed by atoms with Gasteiger partial charge in [-0.25, -0.2) is 4.79 Å². The molecule has 3 aromatic rings. The molecule has 0 spiro atoms. The Bertz CT molecular complexity index is 1040. The van der Waals surface area contributed by atoms with Crippen LogP contribution in [0.5, 0.6) is 5.75 Å². The zero-order valence-electron chi connectivity index (χ0n) is 18.1. The van der Waals surface area contributed by atoms with E-state index in [9.17, 15) is 9.59 Å². The molecule has 0 bridgehead atoms. The van der Waals surface area contributed by atoms with Crippen LogP contribution in [-0.4, -0.2) is 23.1 Å². The first-order valence-electron chi connectivity index (χ1n) is 10.1. The smallest absolute Gasteiger partial charge is 0.342 e. The first-order valence-corrected chi connectivity index (χ1v) is 10.1. The Morgan fingerprint density at radius 2 is 1.81 bits per heavy atom. The number of aryl methyl sites for hydroxylation is 3. The van der Waals surface area contributed by atoms with Crippen molar-refractivity contribution in [2.75, 3.05) is 5.32 Å². The minimum atomic E-state index is -0.978. The molecule has 0 saturated heterocycles. The molecule has 0 radical (unpaired) electrons. The van der Waals surface area contributed by atoms with Gasteiger partial charge >= 0.3 is 5.97 Å². The van der Waals surface area contributed by atoms with Gasteiger partial charge < -0.3 is 19.3 Å². The van der Waals surface area contributed by atoms with Crippen LogP contribution in [0.15, 0.2) is 53.1 Å². The summed E-state index contributed by atoms with van der Waals surface area (Å²) in [5, 5.41) is 6.65. The first-order chi connectivity index (χ1) is 14.9. The molecule has 7 nitrogen and oxygen atoms in total. The third-order valence-electron chi connectivity index (χ3n) is 4.94. The molecular formula is C24H26N2O5. The molecule has 0 aliphatic carbocycles. The summed E-state index contributed by atoms with van der Waals surface area (Å²) in [6.07, 6.45) is -0.0612. The summed E-state index contributed by atoms with van der Waals surface area (Å²) in [7, 11) is 0. The number of hydrogen-bond donors (Lipinski definition) is 1. The molecule has 1 N–H and O–H groups in total. The van der Waals surface area contributed by atoms with Crippen LogP contribution in [-0.2, 0) is 22.6 Å². The second-order valence-electron chi connectivity index (χ2n) is 7.17. The lowest BCUT2D eigenvalue weighted by molar-refractivity contribution is -0.123. The molecule has 1 amide bonds. The van der Waals surface area contributed by atoms with E-state index in [1.807, 2.05) is 31.2 Å². The monoisotopic (exact) mass is 422 g/mol. The van der Waals surface area contributed by atoms with Crippen LogP contribution in [0.1, 0.15) is 46.8 Å². The second-order valence-corrected chi connectivity index (χ2v) is 7.17. The van der Waals surface area contributed by atoms with Gasteiger partial charge in [0.2, 0.25) is 0 Å². The van der Waals surface area contributed by atoms with E-state index in [1.54, 1.807) is 31.2 Å². The van der Waals surface area contributed by atoms with E-state index in [2.05, 4.69) is 17.4 Å². The Kier molecular flexibility index (Phi) is 7.07. The normalized spacial score (nSPS) is 11.6. The van der Waals surface area contributed by atoms with E-state index in [0.717, 1.165) is 17.7 Å². The van der Waals surface area contributed by atoms with Crippen molar-refractivity contribution in [1.29, 1.82) is 0 Å². The summed E-state index contributed by atoms with van der Waals surface area (Å²) in [6.45, 7) is 7.42. The minimum absolute atomic E-state index is 0.204. The van der Waals surface area contributed by atoms with E-state index < -0.39 is 18.0 Å². The summed E-state index contributed by atoms with van der Waals surface area (Å²) >= 11 is 0. The lowest BCUT2D eigenvalue weighted by atomic mass is 10.1. The molecule has 31 heavy (non-hydrogen) atoms. The van der Waals surface area contributed by atoms with E-state index in [1.165, 1.54) is 12.5 Å². The maximum atomic E-state index is 12.7. The summed E-state index contributed by atoms with van der Waals surface area (Å²) < 4.78 is 16.3. The average Bonchev–Trinajstić information content (AvgIpc) is 3.10. The molecule has 0 unspecified atom stereocenters. The van der Waals surface area contributed by atoms with Crippen molar-refractivity contribution in [2.24, 2.45) is 0 Å². The molecule has 0 aliphatic rings. The van der Waals surface area contributed by atoms with Gasteiger partial charge in [-0.15, -0.1) is 0 Å². The molecule has 1 aromatic heterocycles. The summed E-state index contributed by atoms with van der Waals surface area (Å²) in [5.41, 5.74) is 3.61. The van der Waals surface area contributed by atoms with Crippen molar-refractivity contribution in [3.63, 3.8) is 0 Å². The van der Waals surface area contributed by atoms with Crippen molar-refractivity contribution in [3.05, 3.63) is 76.7 Å². The number of ether oxygens (including phenoxy) is 2. The van der Waals surface area contributed by atoms with Crippen molar-refractivity contribution in [1.82, 2.24) is 5.16 Å². The second kappa shape index (κ2) is 9.93. The van der Waals surface area contributed by atoms with Gasteiger partial charge in [-0.05, 0) is 57.0 Å². The van der Waals surface area contributed by atoms with E-state index in [0.29, 0.717) is 17.2 Å². The fourth-order valence-corrected chi connectivity index (χ4v) is 2.96. The lowest BCUT2D eigenvalue weighted by Crippen LogP contribution is -2.30. The van der Waals surface area contributed by atoms with Crippen molar-refractivity contribution >= 4 is 17.6 Å². The third-order valence-corrected chi connectivity index (χ3v) is 4.94. The Labute approximate surface area is 181 Å². The van der Waals surface area contributed by atoms with Gasteiger partial charge in [0.05, 0.1) is 11.3 Å². The Hall–Kier alpha value is -3.61. The number of hydrogen-bond acceptors (Lipinski definition) is 6. The predicted octanol–water partition coefficient (Wildman–Crippen LogP) is 4.62. The number of nitrogens with zero attached hydrogens (tertiary/aromatic N) is 1. The van der Waals surface area contributed by atoms with Crippen molar-refractivity contribution < 1.29 is 23.6 Å². The van der Waals surface area contributed by atoms with Crippen molar-refractivity contribution in [2.45, 2.75) is 46.8 Å². The maximum Gasteiger partial charge on any atom is 0.342 e. The highest BCUT2D eigenvalue weighted by atomic mass is 16.5. The van der Waals surface area contributed by atoms with E-state index in [4.69, 9.17) is 14.0 Å². The molecule has 7 heteroatoms. The zero-order valence-corrected chi connectivity index (χ0v) is 18.1. The highest BCUT2D eigenvalue weighted by molar-refractivity contribution is 5.98. The number of aromatic nitrogens is 1. The topological polar surface area (TPSA) is 90.7 Å². The van der Waals surface area contributed by atoms with Gasteiger partial charge in [-0.1, -0.05) is 36.3 Å². The van der Waals surface area contributed by atoms with Crippen LogP contribution in [0.4, 0.5) is 5.69 Å². The van der Waals surface area contributed by atoms with Gasteiger partial charge in [0.1, 0.15) is 23.7 Å². The molecular weight excluding hydrogens is 396 g/mol. The number of carbonyl (C=O) groups excluding carboxylic acids is 2. The molecule has 1 atom stereocenters. The Morgan fingerprint density at radius 3 is 2.45 bits per heavy atom. The Balaban J connectivity index is 1.63. The summed E-state index contributed by atoms with van der Waals surface area (Å²) in [5.74, 6) is -0.0323. The standard InChI is InChI=1S/C24H26N2O5/c1-5-18-10-12-19(13-11-18)25-23(27)17(4)30-24(28)20-8-6-7-9-22(20)29-14-21-15(2)26-31-16(21)3/h6-13,17H,5,14H2,1-4H3,(H,25,27)/t17-/m1/s1. The van der Waals surface area contributed by atoms with Gasteiger partial charge in [0, 0.05) is 5.69 Å². The third kappa shape index (κ3) is 5.51. The van der Waals surface area contributed by atoms with E-state index >= 15 is 0 Å². The number of amides is 1. The zero-order chi connectivity index (χ0) is 22.4. The highest BCUT2D eigenvalue weighted by Gasteiger charge is 2.22. The average molecular weight is 422 g/mol.